The molecule has 5 nitrogen and oxygen atoms in total. The number of esters is 1. The summed E-state index contributed by atoms with van der Waals surface area (Å²) in [4.78, 5) is 12.1. The lowest BCUT2D eigenvalue weighted by Crippen LogP contribution is -2.16. The Balaban J connectivity index is 2.30. The lowest BCUT2D eigenvalue weighted by Gasteiger charge is -2.14. The first-order chi connectivity index (χ1) is 9.91. The van der Waals surface area contributed by atoms with Gasteiger partial charge < -0.3 is 9.47 Å². The van der Waals surface area contributed by atoms with Crippen molar-refractivity contribution in [3.05, 3.63) is 23.8 Å². The lowest BCUT2D eigenvalue weighted by atomic mass is 10.2. The molecular formula is C14H17ClO5S. The molecule has 0 spiro atoms. The summed E-state index contributed by atoms with van der Waals surface area (Å²) in [7, 11) is 1.41. The van der Waals surface area contributed by atoms with Gasteiger partial charge in [0.1, 0.15) is 17.4 Å². The maximum absolute atomic E-state index is 12.2. The van der Waals surface area contributed by atoms with Gasteiger partial charge in [-0.25, -0.2) is 13.2 Å². The molecule has 0 N–H and O–H groups in total. The summed E-state index contributed by atoms with van der Waals surface area (Å²) in [5.74, 6) is -0.280. The van der Waals surface area contributed by atoms with Crippen LogP contribution in [0, 0.1) is 0 Å². The molecule has 21 heavy (non-hydrogen) atoms. The van der Waals surface area contributed by atoms with E-state index >= 15 is 0 Å². The van der Waals surface area contributed by atoms with Gasteiger partial charge >= 0.3 is 5.97 Å². The molecule has 0 amide bonds. The predicted molar refractivity (Wildman–Crippen MR) is 78.3 cm³/mol. The molecular weight excluding hydrogens is 316 g/mol. The van der Waals surface area contributed by atoms with Crippen LogP contribution in [0.1, 0.15) is 43.0 Å². The molecule has 1 fully saturated rings. The first-order valence-corrected chi connectivity index (χ1v) is 9.15. The van der Waals surface area contributed by atoms with E-state index in [4.69, 9.17) is 20.2 Å². The van der Waals surface area contributed by atoms with E-state index in [0.29, 0.717) is 12.4 Å². The Kier molecular flexibility index (Phi) is 5.11. The van der Waals surface area contributed by atoms with Gasteiger partial charge in [0.25, 0.3) is 9.05 Å². The number of benzene rings is 1. The van der Waals surface area contributed by atoms with E-state index in [1.165, 1.54) is 18.2 Å². The topological polar surface area (TPSA) is 69.7 Å². The van der Waals surface area contributed by atoms with Crippen molar-refractivity contribution in [1.82, 2.24) is 0 Å². The van der Waals surface area contributed by atoms with Gasteiger partial charge in [0.15, 0.2) is 0 Å². The van der Waals surface area contributed by atoms with E-state index in [9.17, 15) is 13.2 Å². The van der Waals surface area contributed by atoms with E-state index < -0.39 is 15.0 Å². The zero-order valence-corrected chi connectivity index (χ0v) is 13.2. The first-order valence-electron chi connectivity index (χ1n) is 6.84. The van der Waals surface area contributed by atoms with Crippen molar-refractivity contribution in [2.45, 2.75) is 43.6 Å². The Hall–Kier alpha value is -1.27. The van der Waals surface area contributed by atoms with Crippen molar-refractivity contribution in [1.29, 1.82) is 0 Å². The van der Waals surface area contributed by atoms with Gasteiger partial charge in [-0.3, -0.25) is 0 Å². The average Bonchev–Trinajstić information content (AvgIpc) is 2.91. The van der Waals surface area contributed by atoms with Gasteiger partial charge in [-0.05, 0) is 50.8 Å². The molecule has 0 heterocycles. The van der Waals surface area contributed by atoms with Crippen molar-refractivity contribution in [3.63, 3.8) is 0 Å². The summed E-state index contributed by atoms with van der Waals surface area (Å²) in [6.45, 7) is 2.13. The highest BCUT2D eigenvalue weighted by atomic mass is 35.7. The molecule has 0 saturated heterocycles. The fourth-order valence-corrected chi connectivity index (χ4v) is 3.10. The molecule has 7 heteroatoms. The largest absolute Gasteiger partial charge is 0.493 e. The third-order valence-electron chi connectivity index (χ3n) is 3.33. The zero-order valence-electron chi connectivity index (χ0n) is 11.7. The molecule has 2 rings (SSSR count). The molecule has 0 unspecified atom stereocenters. The highest BCUT2D eigenvalue weighted by Crippen LogP contribution is 2.28. The monoisotopic (exact) mass is 332 g/mol. The number of carbonyl (C=O) groups excluding carboxylic acids is 1. The first kappa shape index (κ1) is 16.1. The van der Waals surface area contributed by atoms with Gasteiger partial charge in [0, 0.05) is 10.7 Å². The summed E-state index contributed by atoms with van der Waals surface area (Å²) in [6, 6.07) is 3.92. The second-order valence-corrected chi connectivity index (χ2v) is 7.41. The summed E-state index contributed by atoms with van der Waals surface area (Å²) in [5.41, 5.74) is 0.0884. The molecule has 1 aliphatic rings. The molecule has 0 bridgehead atoms. The fraction of sp³-hybridized carbons (Fsp3) is 0.500. The third-order valence-corrected chi connectivity index (χ3v) is 4.68. The molecule has 1 aromatic carbocycles. The Labute approximate surface area is 128 Å². The number of ether oxygens (including phenoxy) is 2. The molecule has 1 aliphatic carbocycles. The lowest BCUT2D eigenvalue weighted by molar-refractivity contribution is 0.0313. The van der Waals surface area contributed by atoms with Crippen LogP contribution in [0.2, 0.25) is 0 Å². The minimum atomic E-state index is -3.91. The van der Waals surface area contributed by atoms with Crippen molar-refractivity contribution in [3.8, 4) is 5.75 Å². The molecule has 1 aromatic rings. The van der Waals surface area contributed by atoms with Crippen LogP contribution >= 0.6 is 10.7 Å². The highest BCUT2D eigenvalue weighted by Gasteiger charge is 2.24. The Morgan fingerprint density at radius 1 is 1.33 bits per heavy atom. The highest BCUT2D eigenvalue weighted by molar-refractivity contribution is 8.13. The average molecular weight is 333 g/mol. The SMILES string of the molecule is CCOc1ccc(S(=O)(=O)Cl)cc1C(=O)OC1CCCC1. The van der Waals surface area contributed by atoms with Crippen LogP contribution in [0.15, 0.2) is 23.1 Å². The van der Waals surface area contributed by atoms with Crippen LogP contribution in [0.25, 0.3) is 0 Å². The number of hydrogen-bond acceptors (Lipinski definition) is 5. The molecule has 0 aromatic heterocycles. The van der Waals surface area contributed by atoms with Crippen molar-refractivity contribution in [2.24, 2.45) is 0 Å². The standard InChI is InChI=1S/C14H17ClO5S/c1-2-19-13-8-7-11(21(15,17)18)9-12(13)14(16)20-10-5-3-4-6-10/h7-10H,2-6H2,1H3. The minimum Gasteiger partial charge on any atom is -0.493 e. The van der Waals surface area contributed by atoms with Crippen LogP contribution in [-0.2, 0) is 13.8 Å². The van der Waals surface area contributed by atoms with Gasteiger partial charge in [-0.1, -0.05) is 0 Å². The van der Waals surface area contributed by atoms with Crippen molar-refractivity contribution >= 4 is 25.7 Å². The Bertz CT molecular complexity index is 620. The van der Waals surface area contributed by atoms with Crippen molar-refractivity contribution < 1.29 is 22.7 Å². The van der Waals surface area contributed by atoms with Crippen LogP contribution in [0.3, 0.4) is 0 Å². The third kappa shape index (κ3) is 4.11. The Morgan fingerprint density at radius 2 is 2.00 bits per heavy atom. The molecule has 0 aliphatic heterocycles. The van der Waals surface area contributed by atoms with Crippen molar-refractivity contribution in [2.75, 3.05) is 6.61 Å². The summed E-state index contributed by atoms with van der Waals surface area (Å²) in [5, 5.41) is 0. The number of halogens is 1. The second-order valence-electron chi connectivity index (χ2n) is 4.84. The maximum Gasteiger partial charge on any atom is 0.342 e. The van der Waals surface area contributed by atoms with Gasteiger partial charge in [0.05, 0.1) is 11.5 Å². The number of carbonyl (C=O) groups is 1. The fourth-order valence-electron chi connectivity index (χ4n) is 2.32. The van der Waals surface area contributed by atoms with Gasteiger partial charge in [-0.15, -0.1) is 0 Å². The van der Waals surface area contributed by atoms with Crippen LogP contribution < -0.4 is 4.74 Å². The van der Waals surface area contributed by atoms with Crippen LogP contribution in [0.4, 0.5) is 0 Å². The molecule has 116 valence electrons. The predicted octanol–water partition coefficient (Wildman–Crippen LogP) is 3.11. The number of rotatable bonds is 5. The maximum atomic E-state index is 12.2. The molecule has 0 atom stereocenters. The minimum absolute atomic E-state index is 0.0884. The van der Waals surface area contributed by atoms with E-state index in [1.54, 1.807) is 6.92 Å². The quantitative estimate of drug-likeness (QED) is 0.612. The van der Waals surface area contributed by atoms with E-state index in [-0.39, 0.29) is 16.6 Å². The van der Waals surface area contributed by atoms with Crippen LogP contribution in [0.5, 0.6) is 5.75 Å². The summed E-state index contributed by atoms with van der Waals surface area (Å²) >= 11 is 0. The second kappa shape index (κ2) is 6.66. The van der Waals surface area contributed by atoms with E-state index in [2.05, 4.69) is 0 Å². The van der Waals surface area contributed by atoms with Gasteiger partial charge in [-0.2, -0.15) is 0 Å². The van der Waals surface area contributed by atoms with E-state index in [0.717, 1.165) is 25.7 Å². The van der Waals surface area contributed by atoms with Crippen LogP contribution in [-0.4, -0.2) is 27.1 Å². The zero-order chi connectivity index (χ0) is 15.5. The summed E-state index contributed by atoms with van der Waals surface area (Å²) < 4.78 is 33.5. The molecule has 0 radical (unpaired) electrons. The Morgan fingerprint density at radius 3 is 2.57 bits per heavy atom. The molecule has 1 saturated carbocycles. The number of hydrogen-bond donors (Lipinski definition) is 0. The van der Waals surface area contributed by atoms with E-state index in [1.807, 2.05) is 0 Å². The normalized spacial score (nSPS) is 15.9. The summed E-state index contributed by atoms with van der Waals surface area (Å²) in [6.07, 6.45) is 3.63. The smallest absolute Gasteiger partial charge is 0.342 e. The van der Waals surface area contributed by atoms with Gasteiger partial charge in [0.2, 0.25) is 0 Å².